The van der Waals surface area contributed by atoms with Gasteiger partial charge in [-0.3, -0.25) is 0 Å². The van der Waals surface area contributed by atoms with E-state index in [4.69, 9.17) is 4.74 Å². The van der Waals surface area contributed by atoms with Crippen LogP contribution in [-0.4, -0.2) is 50.0 Å². The lowest BCUT2D eigenvalue weighted by atomic mass is 9.96. The van der Waals surface area contributed by atoms with Gasteiger partial charge >= 0.3 is 0 Å². The summed E-state index contributed by atoms with van der Waals surface area (Å²) in [5, 5.41) is 12.9. The van der Waals surface area contributed by atoms with Gasteiger partial charge in [-0.25, -0.2) is 14.4 Å². The van der Waals surface area contributed by atoms with Crippen LogP contribution in [0.1, 0.15) is 24.6 Å². The van der Waals surface area contributed by atoms with E-state index in [0.717, 1.165) is 31.8 Å². The van der Waals surface area contributed by atoms with Gasteiger partial charge in [-0.2, -0.15) is 4.52 Å². The zero-order valence-electron chi connectivity index (χ0n) is 13.1. The van der Waals surface area contributed by atoms with Crippen LogP contribution in [-0.2, 0) is 0 Å². The number of hydrogen-bond donors (Lipinski definition) is 0. The largest absolute Gasteiger partial charge is 0.480 e. The van der Waals surface area contributed by atoms with E-state index < -0.39 is 5.82 Å². The van der Waals surface area contributed by atoms with Crippen molar-refractivity contribution in [2.24, 2.45) is 0 Å². The number of piperidine rings is 1. The van der Waals surface area contributed by atoms with Crippen LogP contribution < -0.4 is 9.64 Å². The molecule has 4 rings (SSSR count). The van der Waals surface area contributed by atoms with Crippen molar-refractivity contribution in [1.82, 2.24) is 29.8 Å². The summed E-state index contributed by atoms with van der Waals surface area (Å²) >= 11 is 0. The fraction of sp³-hybridized carbons (Fsp3) is 0.400. The summed E-state index contributed by atoms with van der Waals surface area (Å²) in [6, 6.07) is 3.60. The molecule has 24 heavy (non-hydrogen) atoms. The number of anilines is 1. The number of fused-ring (bicyclic) bond motifs is 1. The van der Waals surface area contributed by atoms with E-state index in [9.17, 15) is 4.39 Å². The summed E-state index contributed by atoms with van der Waals surface area (Å²) in [6.07, 6.45) is 4.13. The average molecular weight is 329 g/mol. The molecule has 0 aromatic carbocycles. The molecular formula is C15H16FN7O. The van der Waals surface area contributed by atoms with Crippen molar-refractivity contribution >= 4 is 11.6 Å². The van der Waals surface area contributed by atoms with Crippen LogP contribution in [0, 0.1) is 5.82 Å². The van der Waals surface area contributed by atoms with Crippen molar-refractivity contribution in [3.63, 3.8) is 0 Å². The minimum atomic E-state index is -0.427. The highest BCUT2D eigenvalue weighted by Crippen LogP contribution is 2.28. The van der Waals surface area contributed by atoms with Gasteiger partial charge in [-0.1, -0.05) is 0 Å². The van der Waals surface area contributed by atoms with Crippen LogP contribution in [0.15, 0.2) is 24.5 Å². The van der Waals surface area contributed by atoms with Crippen molar-refractivity contribution in [2.75, 3.05) is 25.1 Å². The molecule has 0 radical (unpaired) electrons. The molecule has 9 heteroatoms. The van der Waals surface area contributed by atoms with E-state index in [-0.39, 0.29) is 5.92 Å². The van der Waals surface area contributed by atoms with Crippen LogP contribution in [0.3, 0.4) is 0 Å². The average Bonchev–Trinajstić information content (AvgIpc) is 3.05. The zero-order chi connectivity index (χ0) is 16.5. The number of halogens is 1. The van der Waals surface area contributed by atoms with E-state index in [2.05, 4.69) is 25.3 Å². The fourth-order valence-corrected chi connectivity index (χ4v) is 2.96. The Kier molecular flexibility index (Phi) is 3.68. The molecular weight excluding hydrogens is 313 g/mol. The second-order valence-electron chi connectivity index (χ2n) is 5.67. The summed E-state index contributed by atoms with van der Waals surface area (Å²) in [5.74, 6) is 1.74. The standard InChI is InChI=1S/C15H16FN7O/c1-24-13-3-2-12-19-20-14(23(12)21-13)10-4-6-22(7-5-10)15-17-8-11(16)9-18-15/h2-3,8-10H,4-7H2,1H3. The Labute approximate surface area is 137 Å². The minimum absolute atomic E-state index is 0.247. The molecule has 124 valence electrons. The Hall–Kier alpha value is -2.84. The maximum absolute atomic E-state index is 12.9. The molecule has 1 saturated heterocycles. The van der Waals surface area contributed by atoms with E-state index in [0.29, 0.717) is 17.5 Å². The Morgan fingerprint density at radius 2 is 1.88 bits per heavy atom. The molecule has 0 bridgehead atoms. The summed E-state index contributed by atoms with van der Waals surface area (Å²) in [6.45, 7) is 1.55. The number of nitrogens with zero attached hydrogens (tertiary/aromatic N) is 7. The monoisotopic (exact) mass is 329 g/mol. The van der Waals surface area contributed by atoms with Crippen LogP contribution in [0.2, 0.25) is 0 Å². The molecule has 0 spiro atoms. The van der Waals surface area contributed by atoms with Gasteiger partial charge < -0.3 is 9.64 Å². The Morgan fingerprint density at radius 1 is 1.12 bits per heavy atom. The summed E-state index contributed by atoms with van der Waals surface area (Å²) in [5.41, 5.74) is 0.704. The lowest BCUT2D eigenvalue weighted by Crippen LogP contribution is -2.34. The number of hydrogen-bond acceptors (Lipinski definition) is 7. The van der Waals surface area contributed by atoms with Gasteiger partial charge in [0.1, 0.15) is 0 Å². The van der Waals surface area contributed by atoms with Crippen LogP contribution >= 0.6 is 0 Å². The molecule has 0 N–H and O–H groups in total. The second-order valence-corrected chi connectivity index (χ2v) is 5.67. The van der Waals surface area contributed by atoms with E-state index >= 15 is 0 Å². The van der Waals surface area contributed by atoms with E-state index in [1.54, 1.807) is 17.7 Å². The van der Waals surface area contributed by atoms with Crippen molar-refractivity contribution in [3.8, 4) is 5.88 Å². The fourth-order valence-electron chi connectivity index (χ4n) is 2.96. The van der Waals surface area contributed by atoms with Gasteiger partial charge in [0, 0.05) is 25.1 Å². The number of aromatic nitrogens is 6. The van der Waals surface area contributed by atoms with Gasteiger partial charge in [-0.15, -0.1) is 15.3 Å². The molecule has 0 amide bonds. The lowest BCUT2D eigenvalue weighted by molar-refractivity contribution is 0.386. The molecule has 1 aliphatic heterocycles. The molecule has 3 aromatic rings. The van der Waals surface area contributed by atoms with Crippen molar-refractivity contribution < 1.29 is 9.13 Å². The number of ether oxygens (including phenoxy) is 1. The van der Waals surface area contributed by atoms with Gasteiger partial charge in [0.25, 0.3) is 0 Å². The molecule has 0 saturated carbocycles. The van der Waals surface area contributed by atoms with Crippen molar-refractivity contribution in [2.45, 2.75) is 18.8 Å². The smallest absolute Gasteiger partial charge is 0.231 e. The normalized spacial score (nSPS) is 15.8. The molecule has 3 aromatic heterocycles. The summed E-state index contributed by atoms with van der Waals surface area (Å²) in [7, 11) is 1.58. The molecule has 0 unspecified atom stereocenters. The van der Waals surface area contributed by atoms with Crippen LogP contribution in [0.4, 0.5) is 10.3 Å². The first-order chi connectivity index (χ1) is 11.7. The minimum Gasteiger partial charge on any atom is -0.480 e. The summed E-state index contributed by atoms with van der Waals surface area (Å²) < 4.78 is 19.9. The maximum Gasteiger partial charge on any atom is 0.231 e. The Bertz CT molecular complexity index is 843. The SMILES string of the molecule is COc1ccc2nnc(C3CCN(c4ncc(F)cn4)CC3)n2n1. The molecule has 8 nitrogen and oxygen atoms in total. The second kappa shape index (κ2) is 5.99. The third kappa shape index (κ3) is 2.61. The topological polar surface area (TPSA) is 81.3 Å². The first-order valence-electron chi connectivity index (χ1n) is 7.73. The highest BCUT2D eigenvalue weighted by Gasteiger charge is 2.26. The van der Waals surface area contributed by atoms with Crippen LogP contribution in [0.5, 0.6) is 5.88 Å². The van der Waals surface area contributed by atoms with E-state index in [1.807, 2.05) is 11.0 Å². The first kappa shape index (κ1) is 14.7. The highest BCUT2D eigenvalue weighted by molar-refractivity contribution is 5.38. The zero-order valence-corrected chi connectivity index (χ0v) is 13.1. The lowest BCUT2D eigenvalue weighted by Gasteiger charge is -2.30. The quantitative estimate of drug-likeness (QED) is 0.719. The molecule has 0 atom stereocenters. The summed E-state index contributed by atoms with van der Waals surface area (Å²) in [4.78, 5) is 10.1. The van der Waals surface area contributed by atoms with Gasteiger partial charge in [0.05, 0.1) is 19.5 Å². The van der Waals surface area contributed by atoms with Crippen molar-refractivity contribution in [3.05, 3.63) is 36.2 Å². The Morgan fingerprint density at radius 3 is 2.58 bits per heavy atom. The third-order valence-corrected chi connectivity index (χ3v) is 4.22. The number of methoxy groups -OCH3 is 1. The molecule has 4 heterocycles. The molecule has 0 aliphatic carbocycles. The van der Waals surface area contributed by atoms with Gasteiger partial charge in [-0.05, 0) is 18.9 Å². The highest BCUT2D eigenvalue weighted by atomic mass is 19.1. The third-order valence-electron chi connectivity index (χ3n) is 4.22. The Balaban J connectivity index is 1.52. The predicted octanol–water partition coefficient (Wildman–Crippen LogP) is 1.45. The number of rotatable bonds is 3. The molecule has 1 aliphatic rings. The first-order valence-corrected chi connectivity index (χ1v) is 7.73. The van der Waals surface area contributed by atoms with Crippen LogP contribution in [0.25, 0.3) is 5.65 Å². The van der Waals surface area contributed by atoms with Gasteiger partial charge in [0.15, 0.2) is 17.3 Å². The maximum atomic E-state index is 12.9. The van der Waals surface area contributed by atoms with Crippen molar-refractivity contribution in [1.29, 1.82) is 0 Å². The van der Waals surface area contributed by atoms with Gasteiger partial charge in [0.2, 0.25) is 11.8 Å². The predicted molar refractivity (Wildman–Crippen MR) is 83.5 cm³/mol. The molecule has 1 fully saturated rings. The van der Waals surface area contributed by atoms with E-state index in [1.165, 1.54) is 12.4 Å².